The van der Waals surface area contributed by atoms with Gasteiger partial charge in [0, 0.05) is 39.9 Å². The number of hydrogen-bond donors (Lipinski definition) is 2. The number of thiazole rings is 1. The number of ether oxygens (including phenoxy) is 1. The highest BCUT2D eigenvalue weighted by Crippen LogP contribution is 2.45. The second kappa shape index (κ2) is 9.33. The van der Waals surface area contributed by atoms with Crippen LogP contribution < -0.4 is 5.32 Å². The molecule has 0 bridgehead atoms. The summed E-state index contributed by atoms with van der Waals surface area (Å²) >= 11 is 7.80. The van der Waals surface area contributed by atoms with E-state index >= 15 is 0 Å². The van der Waals surface area contributed by atoms with Crippen LogP contribution >= 0.6 is 22.9 Å². The van der Waals surface area contributed by atoms with Crippen molar-refractivity contribution in [1.29, 1.82) is 0 Å². The minimum Gasteiger partial charge on any atom is -0.480 e. The van der Waals surface area contributed by atoms with E-state index in [0.29, 0.717) is 34.4 Å². The first kappa shape index (κ1) is 23.9. The number of aryl methyl sites for hydroxylation is 1. The third kappa shape index (κ3) is 4.34. The first-order chi connectivity index (χ1) is 16.8. The number of carboxylic acids is 1. The van der Waals surface area contributed by atoms with Crippen molar-refractivity contribution >= 4 is 40.7 Å². The Balaban J connectivity index is 1.62. The SMILES string of the molecule is COC(=O)C1=C(CN2[C@@H]3CC[C@@H]3C[C@H]2C(=O)O)NC(c2nc(C)cs2)=N[C@H]1c1ccc(F)cc1Cl. The lowest BCUT2D eigenvalue weighted by Gasteiger charge is -2.38. The first-order valence-corrected chi connectivity index (χ1v) is 12.5. The number of benzene rings is 1. The van der Waals surface area contributed by atoms with Crippen LogP contribution in [0.25, 0.3) is 0 Å². The van der Waals surface area contributed by atoms with Crippen LogP contribution in [0.2, 0.25) is 5.02 Å². The van der Waals surface area contributed by atoms with Gasteiger partial charge in [0.1, 0.15) is 17.9 Å². The van der Waals surface area contributed by atoms with Gasteiger partial charge in [0.25, 0.3) is 0 Å². The van der Waals surface area contributed by atoms with Crippen LogP contribution in [0.15, 0.2) is 39.8 Å². The summed E-state index contributed by atoms with van der Waals surface area (Å²) in [4.78, 5) is 36.3. The fourth-order valence-corrected chi connectivity index (χ4v) is 6.18. The maximum absolute atomic E-state index is 13.8. The summed E-state index contributed by atoms with van der Waals surface area (Å²) in [5, 5.41) is 15.7. The topological polar surface area (TPSA) is 104 Å². The Kier molecular flexibility index (Phi) is 6.37. The Morgan fingerprint density at radius 2 is 2.17 bits per heavy atom. The molecule has 1 aromatic carbocycles. The molecule has 1 aliphatic carbocycles. The molecule has 0 amide bonds. The molecule has 11 heteroatoms. The molecule has 35 heavy (non-hydrogen) atoms. The molecular weight excluding hydrogens is 495 g/mol. The van der Waals surface area contributed by atoms with Gasteiger partial charge >= 0.3 is 11.9 Å². The molecule has 2 aromatic rings. The molecule has 184 valence electrons. The number of esters is 1. The van der Waals surface area contributed by atoms with Gasteiger partial charge in [0.2, 0.25) is 0 Å². The summed E-state index contributed by atoms with van der Waals surface area (Å²) < 4.78 is 18.9. The number of carboxylic acid groups (broad SMARTS) is 1. The average molecular weight is 519 g/mol. The maximum atomic E-state index is 13.8. The van der Waals surface area contributed by atoms with Crippen LogP contribution in [0.1, 0.15) is 41.6 Å². The monoisotopic (exact) mass is 518 g/mol. The molecule has 2 fully saturated rings. The van der Waals surface area contributed by atoms with E-state index in [1.165, 1.54) is 36.6 Å². The number of methoxy groups -OCH3 is 1. The van der Waals surface area contributed by atoms with E-state index in [1.807, 2.05) is 17.2 Å². The lowest BCUT2D eigenvalue weighted by atomic mass is 9.80. The van der Waals surface area contributed by atoms with E-state index < -0.39 is 29.8 Å². The second-order valence-corrected chi connectivity index (χ2v) is 10.3. The van der Waals surface area contributed by atoms with Gasteiger partial charge < -0.3 is 15.2 Å². The summed E-state index contributed by atoms with van der Waals surface area (Å²) in [6.45, 7) is 2.06. The molecule has 3 aliphatic rings. The molecule has 0 radical (unpaired) electrons. The highest BCUT2D eigenvalue weighted by molar-refractivity contribution is 7.11. The third-order valence-electron chi connectivity index (χ3n) is 6.97. The molecule has 3 heterocycles. The van der Waals surface area contributed by atoms with Crippen molar-refractivity contribution in [1.82, 2.24) is 15.2 Å². The van der Waals surface area contributed by atoms with Gasteiger partial charge in [-0.1, -0.05) is 17.7 Å². The zero-order valence-corrected chi connectivity index (χ0v) is 20.7. The highest BCUT2D eigenvalue weighted by Gasteiger charge is 2.50. The minimum atomic E-state index is -0.880. The van der Waals surface area contributed by atoms with Crippen LogP contribution in [0, 0.1) is 18.7 Å². The van der Waals surface area contributed by atoms with E-state index in [1.54, 1.807) is 0 Å². The number of nitrogens with zero attached hydrogens (tertiary/aromatic N) is 3. The number of aliphatic carboxylic acids is 1. The predicted octanol–water partition coefficient (Wildman–Crippen LogP) is 3.70. The number of hydrogen-bond acceptors (Lipinski definition) is 8. The molecule has 1 aromatic heterocycles. The van der Waals surface area contributed by atoms with Crippen LogP contribution in [0.5, 0.6) is 0 Å². The Hall–Kier alpha value is -2.82. The van der Waals surface area contributed by atoms with Gasteiger partial charge in [0.15, 0.2) is 10.8 Å². The number of amidine groups is 1. The Morgan fingerprint density at radius 3 is 2.77 bits per heavy atom. The lowest BCUT2D eigenvalue weighted by molar-refractivity contribution is -0.142. The highest BCUT2D eigenvalue weighted by atomic mass is 35.5. The van der Waals surface area contributed by atoms with Crippen LogP contribution in [0.3, 0.4) is 0 Å². The van der Waals surface area contributed by atoms with E-state index in [4.69, 9.17) is 21.3 Å². The normalized spacial score (nSPS) is 26.0. The predicted molar refractivity (Wildman–Crippen MR) is 129 cm³/mol. The molecule has 0 unspecified atom stereocenters. The molecule has 2 N–H and O–H groups in total. The number of rotatable bonds is 6. The molecule has 1 saturated heterocycles. The minimum absolute atomic E-state index is 0.125. The molecule has 4 atom stereocenters. The maximum Gasteiger partial charge on any atom is 0.338 e. The number of likely N-dealkylation sites (tertiary alicyclic amines) is 1. The Bertz CT molecular complexity index is 1260. The zero-order valence-electron chi connectivity index (χ0n) is 19.1. The number of nitrogens with one attached hydrogen (secondary N) is 1. The van der Waals surface area contributed by atoms with Gasteiger partial charge in [0.05, 0.1) is 12.7 Å². The summed E-state index contributed by atoms with van der Waals surface area (Å²) in [6, 6.07) is 2.56. The molecule has 8 nitrogen and oxygen atoms in total. The van der Waals surface area contributed by atoms with Crippen molar-refractivity contribution in [3.8, 4) is 0 Å². The van der Waals surface area contributed by atoms with Gasteiger partial charge in [-0.3, -0.25) is 14.7 Å². The number of halogens is 2. The van der Waals surface area contributed by atoms with E-state index in [2.05, 4.69) is 10.3 Å². The second-order valence-electron chi connectivity index (χ2n) is 9.02. The summed E-state index contributed by atoms with van der Waals surface area (Å²) in [5.74, 6) is -1.23. The fraction of sp³-hybridized carbons (Fsp3) is 0.417. The third-order valence-corrected chi connectivity index (χ3v) is 8.26. The van der Waals surface area contributed by atoms with E-state index in [0.717, 1.165) is 18.5 Å². The number of aromatic nitrogens is 1. The van der Waals surface area contributed by atoms with Crippen LogP contribution in [0.4, 0.5) is 4.39 Å². The Labute approximate surface area is 210 Å². The summed E-state index contributed by atoms with van der Waals surface area (Å²) in [5.41, 5.74) is 1.96. The van der Waals surface area contributed by atoms with Crippen LogP contribution in [-0.2, 0) is 14.3 Å². The van der Waals surface area contributed by atoms with Gasteiger partial charge in [-0.2, -0.15) is 0 Å². The lowest BCUT2D eigenvalue weighted by Crippen LogP contribution is -2.48. The Morgan fingerprint density at radius 1 is 1.37 bits per heavy atom. The molecule has 2 aliphatic heterocycles. The fourth-order valence-electron chi connectivity index (χ4n) is 5.16. The van der Waals surface area contributed by atoms with Crippen molar-refractivity contribution in [3.05, 3.63) is 62.0 Å². The number of carbonyl (C=O) groups is 2. The largest absolute Gasteiger partial charge is 0.480 e. The quantitative estimate of drug-likeness (QED) is 0.562. The van der Waals surface area contributed by atoms with Gasteiger partial charge in [-0.25, -0.2) is 14.2 Å². The molecule has 5 rings (SSSR count). The number of fused-ring (bicyclic) bond motifs is 1. The van der Waals surface area contributed by atoms with Crippen molar-refractivity contribution < 1.29 is 23.8 Å². The number of aliphatic imine (C=N–C) groups is 1. The summed E-state index contributed by atoms with van der Waals surface area (Å²) in [7, 11) is 1.28. The molecule has 0 spiro atoms. The first-order valence-electron chi connectivity index (χ1n) is 11.3. The smallest absolute Gasteiger partial charge is 0.338 e. The zero-order chi connectivity index (χ0) is 24.9. The van der Waals surface area contributed by atoms with Crippen molar-refractivity contribution in [2.45, 2.75) is 44.3 Å². The van der Waals surface area contributed by atoms with Crippen molar-refractivity contribution in [2.75, 3.05) is 13.7 Å². The standard InChI is InChI=1S/C24H24ClFN4O4S/c1-11-10-35-22(27-11)21-28-16(9-30-17-6-3-12(17)7-18(30)23(31)32)19(24(33)34-2)20(29-21)14-5-4-13(26)8-15(14)25/h4-5,8,10,12,17-18,20H,3,6-7,9H2,1-2H3,(H,28,29)(H,31,32)/t12-,17-,18+,20+/m1/s1. The average Bonchev–Trinajstić information content (AvgIpc) is 3.33. The molecular formula is C24H24ClFN4O4S. The van der Waals surface area contributed by atoms with Crippen molar-refractivity contribution in [2.24, 2.45) is 10.9 Å². The van der Waals surface area contributed by atoms with Crippen LogP contribution in [-0.4, -0.2) is 58.5 Å². The van der Waals surface area contributed by atoms with Crippen molar-refractivity contribution in [3.63, 3.8) is 0 Å². The molecule has 1 saturated carbocycles. The van der Waals surface area contributed by atoms with E-state index in [-0.39, 0.29) is 23.2 Å². The van der Waals surface area contributed by atoms with Gasteiger partial charge in [-0.05, 0) is 44.2 Å². The summed E-state index contributed by atoms with van der Waals surface area (Å²) in [6.07, 6.45) is 2.50. The van der Waals surface area contributed by atoms with E-state index in [9.17, 15) is 19.1 Å². The van der Waals surface area contributed by atoms with Gasteiger partial charge in [-0.15, -0.1) is 11.3 Å². The number of carbonyl (C=O) groups excluding carboxylic acids is 1.